The number of carbonyl (C=O) groups is 1. The van der Waals surface area contributed by atoms with Gasteiger partial charge in [0.15, 0.2) is 5.82 Å². The number of nitrogens with one attached hydrogen (secondary N) is 1. The van der Waals surface area contributed by atoms with E-state index in [1.165, 1.54) is 4.68 Å². The van der Waals surface area contributed by atoms with Crippen molar-refractivity contribution in [3.63, 3.8) is 0 Å². The molecule has 0 fully saturated rings. The van der Waals surface area contributed by atoms with Crippen LogP contribution in [0, 0.1) is 0 Å². The SMILES string of the molecule is COc1cccc(C(=O)n2nc(-c3ccccc3)nc2NCc2ccc(N(C)C)cc2)c1. The van der Waals surface area contributed by atoms with Gasteiger partial charge in [-0.1, -0.05) is 48.5 Å². The van der Waals surface area contributed by atoms with E-state index in [9.17, 15) is 4.79 Å². The van der Waals surface area contributed by atoms with Crippen molar-refractivity contribution in [1.29, 1.82) is 0 Å². The number of benzene rings is 3. The van der Waals surface area contributed by atoms with Crippen molar-refractivity contribution in [2.24, 2.45) is 0 Å². The molecular weight excluding hydrogens is 402 g/mol. The van der Waals surface area contributed by atoms with Crippen LogP contribution in [0.2, 0.25) is 0 Å². The van der Waals surface area contributed by atoms with Crippen LogP contribution >= 0.6 is 0 Å². The monoisotopic (exact) mass is 427 g/mol. The number of ether oxygens (including phenoxy) is 1. The Balaban J connectivity index is 1.65. The molecule has 0 amide bonds. The zero-order chi connectivity index (χ0) is 22.5. The molecule has 1 heterocycles. The summed E-state index contributed by atoms with van der Waals surface area (Å²) in [6.45, 7) is 0.506. The summed E-state index contributed by atoms with van der Waals surface area (Å²) in [6, 6.07) is 24.8. The standard InChI is InChI=1S/C25H25N5O2/c1-29(2)21-14-12-18(13-15-21)17-26-25-27-23(19-8-5-4-6-9-19)28-30(25)24(31)20-10-7-11-22(16-20)32-3/h4-16H,17H2,1-3H3,(H,26,27,28). The van der Waals surface area contributed by atoms with Gasteiger partial charge in [0.2, 0.25) is 5.95 Å². The first-order valence-corrected chi connectivity index (χ1v) is 10.3. The maximum absolute atomic E-state index is 13.3. The maximum Gasteiger partial charge on any atom is 0.281 e. The molecule has 0 spiro atoms. The molecule has 0 aliphatic heterocycles. The fourth-order valence-electron chi connectivity index (χ4n) is 3.25. The first-order chi connectivity index (χ1) is 15.5. The minimum Gasteiger partial charge on any atom is -0.497 e. The van der Waals surface area contributed by atoms with E-state index in [4.69, 9.17) is 4.74 Å². The van der Waals surface area contributed by atoms with Crippen molar-refractivity contribution in [1.82, 2.24) is 14.8 Å². The molecule has 0 saturated heterocycles. The average Bonchev–Trinajstić information content (AvgIpc) is 3.27. The predicted molar refractivity (Wildman–Crippen MR) is 126 cm³/mol. The zero-order valence-corrected chi connectivity index (χ0v) is 18.3. The van der Waals surface area contributed by atoms with Crippen LogP contribution < -0.4 is 15.0 Å². The highest BCUT2D eigenvalue weighted by atomic mass is 16.5. The molecule has 1 N–H and O–H groups in total. The Labute approximate surface area is 187 Å². The van der Waals surface area contributed by atoms with Crippen molar-refractivity contribution >= 4 is 17.5 Å². The highest BCUT2D eigenvalue weighted by Gasteiger charge is 2.19. The molecule has 7 heteroatoms. The van der Waals surface area contributed by atoms with Crippen LogP contribution in [0.4, 0.5) is 11.6 Å². The van der Waals surface area contributed by atoms with E-state index < -0.39 is 0 Å². The molecule has 32 heavy (non-hydrogen) atoms. The zero-order valence-electron chi connectivity index (χ0n) is 18.3. The molecule has 3 aromatic carbocycles. The maximum atomic E-state index is 13.3. The number of carbonyl (C=O) groups excluding carboxylic acids is 1. The van der Waals surface area contributed by atoms with Gasteiger partial charge in [0, 0.05) is 37.5 Å². The van der Waals surface area contributed by atoms with Crippen LogP contribution in [0.25, 0.3) is 11.4 Å². The number of anilines is 2. The van der Waals surface area contributed by atoms with E-state index >= 15 is 0 Å². The minimum absolute atomic E-state index is 0.288. The van der Waals surface area contributed by atoms with Crippen LogP contribution in [-0.4, -0.2) is 41.9 Å². The van der Waals surface area contributed by atoms with Gasteiger partial charge in [0.25, 0.3) is 5.91 Å². The van der Waals surface area contributed by atoms with E-state index in [0.717, 1.165) is 16.8 Å². The second kappa shape index (κ2) is 9.34. The lowest BCUT2D eigenvalue weighted by Gasteiger charge is -2.13. The molecule has 0 aliphatic carbocycles. The van der Waals surface area contributed by atoms with Gasteiger partial charge in [-0.3, -0.25) is 4.79 Å². The van der Waals surface area contributed by atoms with Crippen LogP contribution in [-0.2, 0) is 6.54 Å². The molecule has 0 bridgehead atoms. The third kappa shape index (κ3) is 4.62. The van der Waals surface area contributed by atoms with Crippen LogP contribution in [0.1, 0.15) is 15.9 Å². The lowest BCUT2D eigenvalue weighted by Crippen LogP contribution is -2.17. The molecule has 1 aromatic heterocycles. The van der Waals surface area contributed by atoms with Crippen LogP contribution in [0.15, 0.2) is 78.9 Å². The van der Waals surface area contributed by atoms with Gasteiger partial charge in [0.1, 0.15) is 5.75 Å². The highest BCUT2D eigenvalue weighted by molar-refractivity contribution is 5.97. The lowest BCUT2D eigenvalue weighted by atomic mass is 10.2. The van der Waals surface area contributed by atoms with Crippen molar-refractivity contribution in [3.05, 3.63) is 90.0 Å². The van der Waals surface area contributed by atoms with Crippen molar-refractivity contribution in [2.45, 2.75) is 6.54 Å². The molecule has 0 radical (unpaired) electrons. The van der Waals surface area contributed by atoms with Gasteiger partial charge < -0.3 is 15.0 Å². The van der Waals surface area contributed by atoms with E-state index in [2.05, 4.69) is 27.5 Å². The second-order valence-electron chi connectivity index (χ2n) is 7.49. The molecule has 4 aromatic rings. The second-order valence-corrected chi connectivity index (χ2v) is 7.49. The highest BCUT2D eigenvalue weighted by Crippen LogP contribution is 2.21. The molecule has 0 aliphatic rings. The summed E-state index contributed by atoms with van der Waals surface area (Å²) in [6.07, 6.45) is 0. The summed E-state index contributed by atoms with van der Waals surface area (Å²) >= 11 is 0. The Hall–Kier alpha value is -4.13. The molecule has 0 atom stereocenters. The van der Waals surface area contributed by atoms with Crippen LogP contribution in [0.5, 0.6) is 5.75 Å². The first-order valence-electron chi connectivity index (χ1n) is 10.3. The minimum atomic E-state index is -0.288. The predicted octanol–water partition coefficient (Wildman–Crippen LogP) is 4.32. The average molecular weight is 428 g/mol. The Morgan fingerprint density at radius 3 is 2.44 bits per heavy atom. The smallest absolute Gasteiger partial charge is 0.281 e. The Bertz CT molecular complexity index is 1200. The van der Waals surface area contributed by atoms with Gasteiger partial charge in [0.05, 0.1) is 7.11 Å². The number of rotatable bonds is 7. The summed E-state index contributed by atoms with van der Waals surface area (Å²) in [4.78, 5) is 19.9. The first kappa shape index (κ1) is 21.1. The summed E-state index contributed by atoms with van der Waals surface area (Å²) < 4.78 is 6.57. The Kier molecular flexibility index (Phi) is 6.17. The number of hydrogen-bond donors (Lipinski definition) is 1. The van der Waals surface area contributed by atoms with E-state index in [0.29, 0.717) is 29.6 Å². The lowest BCUT2D eigenvalue weighted by molar-refractivity contribution is 0.0947. The number of hydrogen-bond acceptors (Lipinski definition) is 6. The van der Waals surface area contributed by atoms with E-state index in [-0.39, 0.29) is 5.91 Å². The molecule has 4 rings (SSSR count). The molecule has 0 saturated carbocycles. The van der Waals surface area contributed by atoms with Gasteiger partial charge in [-0.2, -0.15) is 9.67 Å². The van der Waals surface area contributed by atoms with E-state index in [1.807, 2.05) is 61.5 Å². The Morgan fingerprint density at radius 1 is 1.00 bits per heavy atom. The summed E-state index contributed by atoms with van der Waals surface area (Å²) in [5.41, 5.74) is 3.49. The molecule has 7 nitrogen and oxygen atoms in total. The topological polar surface area (TPSA) is 72.3 Å². The quantitative estimate of drug-likeness (QED) is 0.474. The van der Waals surface area contributed by atoms with Gasteiger partial charge in [-0.15, -0.1) is 5.10 Å². The summed E-state index contributed by atoms with van der Waals surface area (Å²) in [5.74, 6) is 1.18. The van der Waals surface area contributed by atoms with Gasteiger partial charge in [-0.05, 0) is 35.9 Å². The fourth-order valence-corrected chi connectivity index (χ4v) is 3.25. The third-order valence-electron chi connectivity index (χ3n) is 5.05. The normalized spacial score (nSPS) is 10.6. The van der Waals surface area contributed by atoms with Crippen LogP contribution in [0.3, 0.4) is 0 Å². The van der Waals surface area contributed by atoms with Gasteiger partial charge >= 0.3 is 0 Å². The fraction of sp³-hybridized carbons (Fsp3) is 0.160. The third-order valence-corrected chi connectivity index (χ3v) is 5.05. The van der Waals surface area contributed by atoms with E-state index in [1.54, 1.807) is 31.4 Å². The number of aromatic nitrogens is 3. The van der Waals surface area contributed by atoms with Crippen molar-refractivity contribution in [3.8, 4) is 17.1 Å². The van der Waals surface area contributed by atoms with Gasteiger partial charge in [-0.25, -0.2) is 0 Å². The Morgan fingerprint density at radius 2 is 1.75 bits per heavy atom. The molecule has 0 unspecified atom stereocenters. The summed E-state index contributed by atoms with van der Waals surface area (Å²) in [5, 5.41) is 7.78. The van der Waals surface area contributed by atoms with Crippen molar-refractivity contribution in [2.75, 3.05) is 31.4 Å². The molecule has 162 valence electrons. The number of nitrogens with zero attached hydrogens (tertiary/aromatic N) is 4. The van der Waals surface area contributed by atoms with Crippen molar-refractivity contribution < 1.29 is 9.53 Å². The summed E-state index contributed by atoms with van der Waals surface area (Å²) in [7, 11) is 5.58. The molecular formula is C25H25N5O2. The largest absolute Gasteiger partial charge is 0.497 e. The number of methoxy groups -OCH3 is 1.